The Morgan fingerprint density at radius 1 is 0.509 bits per heavy atom. The number of rotatable bonds is 7. The molecule has 2 saturated heterocycles. The van der Waals surface area contributed by atoms with E-state index in [2.05, 4.69) is 219 Å². The Balaban J connectivity index is 1.03. The van der Waals surface area contributed by atoms with Crippen LogP contribution in [-0.4, -0.2) is 24.3 Å². The molecule has 57 heavy (non-hydrogen) atoms. The number of para-hydroxylation sites is 1. The lowest BCUT2D eigenvalue weighted by atomic mass is 9.90. The van der Waals surface area contributed by atoms with Crippen molar-refractivity contribution in [2.45, 2.75) is 38.1 Å². The third-order valence-electron chi connectivity index (χ3n) is 12.5. The Kier molecular flexibility index (Phi) is 7.33. The first-order chi connectivity index (χ1) is 28.2. The number of hydrogen-bond acceptors (Lipinski definition) is 3. The third-order valence-corrected chi connectivity index (χ3v) is 12.5. The fraction of sp³-hybridized carbons (Fsp3) is 0.115. The molecule has 5 nitrogen and oxygen atoms in total. The van der Waals surface area contributed by atoms with Gasteiger partial charge < -0.3 is 9.13 Å². The van der Waals surface area contributed by atoms with Gasteiger partial charge in [-0.05, 0) is 94.3 Å². The first-order valence-corrected chi connectivity index (χ1v) is 20.2. The lowest BCUT2D eigenvalue weighted by molar-refractivity contribution is -0.191. The average molecular weight is 736 g/mol. The van der Waals surface area contributed by atoms with Crippen LogP contribution in [0, 0.1) is 0 Å². The molecule has 2 aliphatic heterocycles. The number of hydrazine groups is 2. The fourth-order valence-corrected chi connectivity index (χ4v) is 9.87. The Morgan fingerprint density at radius 3 is 2.00 bits per heavy atom. The maximum atomic E-state index is 2.52. The van der Waals surface area contributed by atoms with Gasteiger partial charge in [-0.2, -0.15) is 10.0 Å². The topological polar surface area (TPSA) is 19.1 Å². The Labute approximate surface area is 332 Å². The number of benzene rings is 7. The summed E-state index contributed by atoms with van der Waals surface area (Å²) in [6, 6.07) is 64.7. The number of hydrogen-bond donors (Lipinski definition) is 0. The van der Waals surface area contributed by atoms with Crippen molar-refractivity contribution in [1.29, 1.82) is 0 Å². The van der Waals surface area contributed by atoms with Gasteiger partial charge in [-0.15, -0.1) is 5.12 Å². The quantitative estimate of drug-likeness (QED) is 0.152. The van der Waals surface area contributed by atoms with Gasteiger partial charge in [0.15, 0.2) is 0 Å². The lowest BCUT2D eigenvalue weighted by Crippen LogP contribution is -2.48. The van der Waals surface area contributed by atoms with Crippen molar-refractivity contribution in [3.05, 3.63) is 210 Å². The highest BCUT2D eigenvalue weighted by molar-refractivity contribution is 6.14. The molecule has 4 heterocycles. The van der Waals surface area contributed by atoms with Crippen molar-refractivity contribution in [2.75, 3.05) is 0 Å². The van der Waals surface area contributed by atoms with Crippen molar-refractivity contribution in [1.82, 2.24) is 24.3 Å². The maximum absolute atomic E-state index is 2.52. The van der Waals surface area contributed by atoms with Crippen molar-refractivity contribution in [2.24, 2.45) is 0 Å². The highest BCUT2D eigenvalue weighted by Crippen LogP contribution is 2.60. The molecule has 2 fully saturated rings. The van der Waals surface area contributed by atoms with Crippen LogP contribution in [0.15, 0.2) is 182 Å². The van der Waals surface area contributed by atoms with Gasteiger partial charge in [0.2, 0.25) is 0 Å². The van der Waals surface area contributed by atoms with E-state index in [4.69, 9.17) is 0 Å². The minimum Gasteiger partial charge on any atom is -0.309 e. The van der Waals surface area contributed by atoms with Gasteiger partial charge in [-0.25, -0.2) is 0 Å². The van der Waals surface area contributed by atoms with Gasteiger partial charge in [0, 0.05) is 39.8 Å². The van der Waals surface area contributed by atoms with Crippen LogP contribution in [0.4, 0.5) is 0 Å². The third kappa shape index (κ3) is 5.06. The van der Waals surface area contributed by atoms with E-state index in [9.17, 15) is 0 Å². The Hall–Kier alpha value is -6.50. The normalized spacial score (nSPS) is 21.1. The molecule has 5 atom stereocenters. The second-order valence-corrected chi connectivity index (χ2v) is 15.9. The highest BCUT2D eigenvalue weighted by atomic mass is 16.2. The van der Waals surface area contributed by atoms with Crippen LogP contribution < -0.4 is 0 Å². The molecular formula is C52H41N5. The number of fused-ring (bicyclic) bond motifs is 7. The largest absolute Gasteiger partial charge is 0.309 e. The standard InChI is InChI=1S/C52H41N5/c1-35-16-13-29-47-50(35)45-32-44-43-27-11-12-28-46(43)54(48(44)33-49(45)55(47)41-25-14-23-39(30-41)37-19-7-3-8-20-37)42-26-15-24-40(31-42)51-53(34-36-17-5-2-6-18-36)57-52(56(51)57)38-21-9-4-10-22-38/h2-15,17-33,35,51-52H,16,34H2,1H3. The summed E-state index contributed by atoms with van der Waals surface area (Å²) < 4.78 is 5.01. The monoisotopic (exact) mass is 735 g/mol. The fourth-order valence-electron chi connectivity index (χ4n) is 9.87. The van der Waals surface area contributed by atoms with E-state index < -0.39 is 0 Å². The maximum Gasteiger partial charge on any atom is 0.134 e. The second-order valence-electron chi connectivity index (χ2n) is 15.9. The molecule has 274 valence electrons. The van der Waals surface area contributed by atoms with Gasteiger partial charge in [-0.3, -0.25) is 0 Å². The summed E-state index contributed by atoms with van der Waals surface area (Å²) in [7, 11) is 0. The van der Waals surface area contributed by atoms with E-state index in [-0.39, 0.29) is 12.3 Å². The minimum absolute atomic E-state index is 0.129. The van der Waals surface area contributed by atoms with Gasteiger partial charge in [0.25, 0.3) is 0 Å². The lowest BCUT2D eigenvalue weighted by Gasteiger charge is -2.41. The van der Waals surface area contributed by atoms with Crippen LogP contribution in [0.2, 0.25) is 0 Å². The molecule has 0 radical (unpaired) electrons. The molecule has 0 saturated carbocycles. The summed E-state index contributed by atoms with van der Waals surface area (Å²) in [6.45, 7) is 3.23. The number of nitrogens with zero attached hydrogens (tertiary/aromatic N) is 5. The van der Waals surface area contributed by atoms with Crippen LogP contribution in [0.1, 0.15) is 59.5 Å². The molecule has 5 unspecified atom stereocenters. The van der Waals surface area contributed by atoms with Gasteiger partial charge in [-0.1, -0.05) is 146 Å². The van der Waals surface area contributed by atoms with E-state index in [0.29, 0.717) is 5.92 Å². The van der Waals surface area contributed by atoms with Crippen LogP contribution in [0.3, 0.4) is 0 Å². The summed E-state index contributed by atoms with van der Waals surface area (Å²) in [4.78, 5) is 0. The summed E-state index contributed by atoms with van der Waals surface area (Å²) in [6.07, 6.45) is 6.12. The predicted octanol–water partition coefficient (Wildman–Crippen LogP) is 12.6. The zero-order chi connectivity index (χ0) is 37.6. The van der Waals surface area contributed by atoms with E-state index in [1.54, 1.807) is 0 Å². The van der Waals surface area contributed by atoms with Crippen LogP contribution in [-0.2, 0) is 6.54 Å². The zero-order valence-corrected chi connectivity index (χ0v) is 31.8. The molecule has 3 aliphatic rings. The molecule has 7 aromatic carbocycles. The van der Waals surface area contributed by atoms with E-state index in [1.165, 1.54) is 83.2 Å². The van der Waals surface area contributed by atoms with Gasteiger partial charge >= 0.3 is 0 Å². The van der Waals surface area contributed by atoms with E-state index in [0.717, 1.165) is 13.0 Å². The summed E-state index contributed by atoms with van der Waals surface area (Å²) >= 11 is 0. The first-order valence-electron chi connectivity index (χ1n) is 20.2. The second kappa shape index (κ2) is 12.8. The van der Waals surface area contributed by atoms with Crippen LogP contribution in [0.5, 0.6) is 0 Å². The van der Waals surface area contributed by atoms with Gasteiger partial charge in [0.1, 0.15) is 12.3 Å². The summed E-state index contributed by atoms with van der Waals surface area (Å²) in [5.41, 5.74) is 15.2. The average Bonchev–Trinajstić information content (AvgIpc) is 3.63. The van der Waals surface area contributed by atoms with E-state index in [1.807, 2.05) is 0 Å². The molecule has 5 heteroatoms. The Morgan fingerprint density at radius 2 is 1.18 bits per heavy atom. The minimum atomic E-state index is 0.129. The van der Waals surface area contributed by atoms with E-state index >= 15 is 0 Å². The zero-order valence-electron chi connectivity index (χ0n) is 31.8. The molecule has 0 N–H and O–H groups in total. The molecule has 12 rings (SSSR count). The molecule has 0 spiro atoms. The summed E-state index contributed by atoms with van der Waals surface area (Å²) in [5, 5.41) is 11.4. The Bertz CT molecular complexity index is 3010. The van der Waals surface area contributed by atoms with Gasteiger partial charge in [0.05, 0.1) is 16.6 Å². The van der Waals surface area contributed by atoms with Crippen molar-refractivity contribution in [3.63, 3.8) is 0 Å². The molecule has 0 amide bonds. The van der Waals surface area contributed by atoms with Crippen molar-refractivity contribution in [3.8, 4) is 22.5 Å². The summed E-state index contributed by atoms with van der Waals surface area (Å²) in [5.74, 6) is 0.423. The van der Waals surface area contributed by atoms with Crippen molar-refractivity contribution >= 4 is 38.8 Å². The molecule has 2 aromatic heterocycles. The number of aromatic nitrogens is 2. The van der Waals surface area contributed by atoms with Crippen molar-refractivity contribution < 1.29 is 0 Å². The van der Waals surface area contributed by atoms with Crippen LogP contribution >= 0.6 is 0 Å². The molecule has 1 aliphatic carbocycles. The molecule has 0 bridgehead atoms. The first kappa shape index (κ1) is 32.7. The molecule has 9 aromatic rings. The predicted molar refractivity (Wildman–Crippen MR) is 233 cm³/mol. The SMILES string of the molecule is CC1CC=Cc2c1c1cc3c4ccccc4n(-c4cccc(C5N(Cc6ccccc6)N6C(c7ccccc7)N56)c4)c3cc1n2-c1cccc(-c2ccccc2)c1. The number of allylic oxidation sites excluding steroid dienone is 1. The highest BCUT2D eigenvalue weighted by Gasteiger charge is 2.66. The smallest absolute Gasteiger partial charge is 0.134 e. The van der Waals surface area contributed by atoms with Crippen LogP contribution in [0.25, 0.3) is 61.3 Å². The molecular weight excluding hydrogens is 695 g/mol.